The van der Waals surface area contributed by atoms with Crippen molar-refractivity contribution in [3.05, 3.63) is 53.7 Å². The Morgan fingerprint density at radius 3 is 2.48 bits per heavy atom. The fraction of sp³-hybridized carbons (Fsp3) is 0.316. The van der Waals surface area contributed by atoms with Gasteiger partial charge in [-0.05, 0) is 43.0 Å². The smallest absolute Gasteiger partial charge is 0.252 e. The van der Waals surface area contributed by atoms with Gasteiger partial charge in [0.05, 0.1) is 11.9 Å². The molecular formula is C19H24N4O2. The molecule has 0 aliphatic carbocycles. The minimum atomic E-state index is -0.635. The van der Waals surface area contributed by atoms with E-state index >= 15 is 0 Å². The second-order valence-electron chi connectivity index (χ2n) is 6.43. The van der Waals surface area contributed by atoms with Crippen molar-refractivity contribution in [3.63, 3.8) is 0 Å². The van der Waals surface area contributed by atoms with Crippen molar-refractivity contribution in [1.82, 2.24) is 10.3 Å². The maximum Gasteiger partial charge on any atom is 0.252 e. The molecule has 132 valence electrons. The van der Waals surface area contributed by atoms with E-state index in [9.17, 15) is 9.59 Å². The number of benzene rings is 1. The van der Waals surface area contributed by atoms with E-state index in [1.165, 1.54) is 6.20 Å². The van der Waals surface area contributed by atoms with Crippen molar-refractivity contribution >= 4 is 23.3 Å². The van der Waals surface area contributed by atoms with E-state index in [0.29, 0.717) is 23.5 Å². The number of nitrogens with two attached hydrogens (primary N) is 1. The number of hydrogen-bond acceptors (Lipinski definition) is 4. The van der Waals surface area contributed by atoms with Crippen molar-refractivity contribution < 1.29 is 9.59 Å². The zero-order valence-electron chi connectivity index (χ0n) is 14.7. The lowest BCUT2D eigenvalue weighted by atomic mass is 10.0. The molecule has 1 aromatic carbocycles. The first-order valence-electron chi connectivity index (χ1n) is 8.25. The summed E-state index contributed by atoms with van der Waals surface area (Å²) in [4.78, 5) is 29.1. The number of rotatable bonds is 6. The summed E-state index contributed by atoms with van der Waals surface area (Å²) in [6.07, 6.45) is 2.02. The Balaban J connectivity index is 2.12. The third kappa shape index (κ3) is 5.31. The average Bonchev–Trinajstić information content (AvgIpc) is 2.56. The van der Waals surface area contributed by atoms with Crippen LogP contribution < -0.4 is 16.4 Å². The van der Waals surface area contributed by atoms with Crippen LogP contribution in [0.15, 0.2) is 42.6 Å². The second kappa shape index (κ2) is 8.28. The Labute approximate surface area is 147 Å². The second-order valence-corrected chi connectivity index (χ2v) is 6.43. The van der Waals surface area contributed by atoms with Crippen LogP contribution in [0.2, 0.25) is 0 Å². The number of anilines is 2. The molecule has 2 amide bonds. The summed E-state index contributed by atoms with van der Waals surface area (Å²) < 4.78 is 0. The van der Waals surface area contributed by atoms with E-state index in [4.69, 9.17) is 5.73 Å². The summed E-state index contributed by atoms with van der Waals surface area (Å²) in [5.41, 5.74) is 7.52. The Morgan fingerprint density at radius 2 is 1.88 bits per heavy atom. The van der Waals surface area contributed by atoms with E-state index in [2.05, 4.69) is 15.6 Å². The first-order chi connectivity index (χ1) is 11.9. The molecule has 0 fully saturated rings. The number of amides is 2. The largest absolute Gasteiger partial charge is 0.384 e. The van der Waals surface area contributed by atoms with Crippen molar-refractivity contribution in [1.29, 1.82) is 0 Å². The summed E-state index contributed by atoms with van der Waals surface area (Å²) >= 11 is 0. The molecule has 0 aliphatic heterocycles. The topological polar surface area (TPSA) is 97.1 Å². The van der Waals surface area contributed by atoms with Crippen LogP contribution in [0, 0.1) is 12.8 Å². The molecule has 0 spiro atoms. The Kier molecular flexibility index (Phi) is 6.11. The highest BCUT2D eigenvalue weighted by molar-refractivity contribution is 6.01. The lowest BCUT2D eigenvalue weighted by molar-refractivity contribution is -0.118. The van der Waals surface area contributed by atoms with Crippen LogP contribution in [0.1, 0.15) is 36.2 Å². The number of carbonyl (C=O) groups excluding carboxylic acids is 2. The van der Waals surface area contributed by atoms with Gasteiger partial charge in [-0.2, -0.15) is 0 Å². The van der Waals surface area contributed by atoms with Gasteiger partial charge in [0.2, 0.25) is 5.91 Å². The number of nitrogens with one attached hydrogen (secondary N) is 2. The van der Waals surface area contributed by atoms with Gasteiger partial charge >= 0.3 is 0 Å². The molecule has 2 aromatic rings. The van der Waals surface area contributed by atoms with Crippen LogP contribution in [-0.4, -0.2) is 22.8 Å². The van der Waals surface area contributed by atoms with E-state index in [0.717, 1.165) is 5.56 Å². The minimum Gasteiger partial charge on any atom is -0.384 e. The summed E-state index contributed by atoms with van der Waals surface area (Å²) in [7, 11) is 0. The lowest BCUT2D eigenvalue weighted by Crippen LogP contribution is -2.44. The van der Waals surface area contributed by atoms with Crippen molar-refractivity contribution in [3.8, 4) is 0 Å². The zero-order chi connectivity index (χ0) is 18.4. The van der Waals surface area contributed by atoms with E-state index < -0.39 is 6.04 Å². The van der Waals surface area contributed by atoms with Crippen LogP contribution in [0.4, 0.5) is 11.5 Å². The van der Waals surface area contributed by atoms with Gasteiger partial charge in [0.1, 0.15) is 11.9 Å². The maximum atomic E-state index is 12.6. The third-order valence-corrected chi connectivity index (χ3v) is 3.77. The third-order valence-electron chi connectivity index (χ3n) is 3.77. The molecule has 0 aliphatic rings. The number of carbonyl (C=O) groups is 2. The molecule has 1 heterocycles. The first kappa shape index (κ1) is 18.4. The molecule has 0 saturated heterocycles. The number of aryl methyl sites for hydroxylation is 1. The van der Waals surface area contributed by atoms with Gasteiger partial charge in [-0.3, -0.25) is 9.59 Å². The first-order valence-corrected chi connectivity index (χ1v) is 8.25. The molecule has 1 unspecified atom stereocenters. The van der Waals surface area contributed by atoms with Crippen LogP contribution in [0.5, 0.6) is 0 Å². The normalized spacial score (nSPS) is 11.8. The molecule has 6 nitrogen and oxygen atoms in total. The maximum absolute atomic E-state index is 12.6. The number of aromatic nitrogens is 1. The summed E-state index contributed by atoms with van der Waals surface area (Å²) in [5.74, 6) is 0.0959. The monoisotopic (exact) mass is 340 g/mol. The van der Waals surface area contributed by atoms with Gasteiger partial charge in [-0.25, -0.2) is 4.98 Å². The minimum absolute atomic E-state index is 0.248. The quantitative estimate of drug-likeness (QED) is 0.753. The summed E-state index contributed by atoms with van der Waals surface area (Å²) in [6.45, 7) is 5.88. The van der Waals surface area contributed by atoms with Crippen LogP contribution >= 0.6 is 0 Å². The highest BCUT2D eigenvalue weighted by atomic mass is 16.2. The van der Waals surface area contributed by atoms with Crippen molar-refractivity contribution in [2.45, 2.75) is 33.2 Å². The van der Waals surface area contributed by atoms with Crippen molar-refractivity contribution in [2.24, 2.45) is 5.92 Å². The van der Waals surface area contributed by atoms with Gasteiger partial charge in [0, 0.05) is 5.56 Å². The summed E-state index contributed by atoms with van der Waals surface area (Å²) in [6, 6.07) is 9.95. The van der Waals surface area contributed by atoms with Gasteiger partial charge in [-0.1, -0.05) is 32.0 Å². The van der Waals surface area contributed by atoms with Crippen LogP contribution in [0.3, 0.4) is 0 Å². The summed E-state index contributed by atoms with van der Waals surface area (Å²) in [5, 5.41) is 5.62. The molecule has 0 bridgehead atoms. The van der Waals surface area contributed by atoms with Crippen LogP contribution in [0.25, 0.3) is 0 Å². The number of nitrogen functional groups attached to an aromatic ring is 1. The lowest BCUT2D eigenvalue weighted by Gasteiger charge is -2.20. The highest BCUT2D eigenvalue weighted by Gasteiger charge is 2.23. The molecule has 4 N–H and O–H groups in total. The molecule has 1 atom stereocenters. The molecule has 25 heavy (non-hydrogen) atoms. The standard InChI is InChI=1S/C19H24N4O2/c1-12(2)10-16(19(25)22-14-8-9-17(20)21-11-14)23-18(24)15-7-5-4-6-13(15)3/h4-9,11-12,16H,10H2,1-3H3,(H2,20,21)(H,22,25)(H,23,24). The Hall–Kier alpha value is -2.89. The van der Waals surface area contributed by atoms with E-state index in [1.54, 1.807) is 24.3 Å². The van der Waals surface area contributed by atoms with E-state index in [-0.39, 0.29) is 17.7 Å². The molecule has 0 saturated carbocycles. The van der Waals surface area contributed by atoms with Gasteiger partial charge in [-0.15, -0.1) is 0 Å². The molecule has 2 rings (SSSR count). The Morgan fingerprint density at radius 1 is 1.16 bits per heavy atom. The number of hydrogen-bond donors (Lipinski definition) is 3. The molecule has 6 heteroatoms. The Bertz CT molecular complexity index is 741. The number of nitrogens with zero attached hydrogens (tertiary/aromatic N) is 1. The fourth-order valence-corrected chi connectivity index (χ4v) is 2.48. The predicted molar refractivity (Wildman–Crippen MR) is 99.2 cm³/mol. The zero-order valence-corrected chi connectivity index (χ0v) is 14.7. The number of pyridine rings is 1. The molecular weight excluding hydrogens is 316 g/mol. The molecule has 0 radical (unpaired) electrons. The SMILES string of the molecule is Cc1ccccc1C(=O)NC(CC(C)C)C(=O)Nc1ccc(N)nc1. The predicted octanol–water partition coefficient (Wildman–Crippen LogP) is 2.76. The van der Waals surface area contributed by atoms with Gasteiger partial charge in [0.15, 0.2) is 0 Å². The van der Waals surface area contributed by atoms with Crippen LogP contribution in [-0.2, 0) is 4.79 Å². The van der Waals surface area contributed by atoms with Gasteiger partial charge in [0.25, 0.3) is 5.91 Å². The van der Waals surface area contributed by atoms with Gasteiger partial charge < -0.3 is 16.4 Å². The molecule has 1 aromatic heterocycles. The highest BCUT2D eigenvalue weighted by Crippen LogP contribution is 2.13. The fourth-order valence-electron chi connectivity index (χ4n) is 2.48. The van der Waals surface area contributed by atoms with E-state index in [1.807, 2.05) is 32.9 Å². The van der Waals surface area contributed by atoms with Crippen molar-refractivity contribution in [2.75, 3.05) is 11.1 Å². The average molecular weight is 340 g/mol.